The summed E-state index contributed by atoms with van der Waals surface area (Å²) in [6.45, 7) is 4.40. The molecular formula is C13H15F2N3O. The maximum Gasteiger partial charge on any atom is 0.161 e. The van der Waals surface area contributed by atoms with E-state index in [-0.39, 0.29) is 11.8 Å². The van der Waals surface area contributed by atoms with Gasteiger partial charge in [-0.2, -0.15) is 5.10 Å². The van der Waals surface area contributed by atoms with Crippen LogP contribution in [0.15, 0.2) is 24.5 Å². The Hall–Kier alpha value is -1.82. The molecule has 0 radical (unpaired) electrons. The van der Waals surface area contributed by atoms with Gasteiger partial charge in [0.05, 0.1) is 0 Å². The molecular weight excluding hydrogens is 252 g/mol. The first kappa shape index (κ1) is 13.6. The van der Waals surface area contributed by atoms with E-state index in [0.29, 0.717) is 12.4 Å². The SMILES string of the molecule is CCCOC(C)c1ncnn1-c1ccc(F)cc1F. The van der Waals surface area contributed by atoms with Crippen LogP contribution in [0.25, 0.3) is 5.69 Å². The van der Waals surface area contributed by atoms with Crippen molar-refractivity contribution in [1.82, 2.24) is 14.8 Å². The van der Waals surface area contributed by atoms with Gasteiger partial charge in [0.25, 0.3) is 0 Å². The van der Waals surface area contributed by atoms with Crippen LogP contribution in [0.3, 0.4) is 0 Å². The van der Waals surface area contributed by atoms with E-state index < -0.39 is 11.6 Å². The molecule has 2 rings (SSSR count). The molecule has 4 nitrogen and oxygen atoms in total. The topological polar surface area (TPSA) is 39.9 Å². The van der Waals surface area contributed by atoms with Crippen molar-refractivity contribution in [2.75, 3.05) is 6.61 Å². The van der Waals surface area contributed by atoms with Gasteiger partial charge in [-0.15, -0.1) is 0 Å². The highest BCUT2D eigenvalue weighted by molar-refractivity contribution is 5.33. The molecule has 0 saturated carbocycles. The summed E-state index contributed by atoms with van der Waals surface area (Å²) in [6.07, 6.45) is 1.89. The Kier molecular flexibility index (Phi) is 4.21. The lowest BCUT2D eigenvalue weighted by atomic mass is 10.3. The predicted molar refractivity (Wildman–Crippen MR) is 65.9 cm³/mol. The lowest BCUT2D eigenvalue weighted by Gasteiger charge is -2.13. The highest BCUT2D eigenvalue weighted by Crippen LogP contribution is 2.20. The highest BCUT2D eigenvalue weighted by atomic mass is 19.1. The third kappa shape index (κ3) is 2.96. The third-order valence-corrected chi connectivity index (χ3v) is 2.65. The van der Waals surface area contributed by atoms with Crippen molar-refractivity contribution in [2.24, 2.45) is 0 Å². The molecule has 0 bridgehead atoms. The fraction of sp³-hybridized carbons (Fsp3) is 0.385. The molecule has 0 amide bonds. The monoisotopic (exact) mass is 267 g/mol. The number of hydrogen-bond donors (Lipinski definition) is 0. The number of benzene rings is 1. The Labute approximate surface area is 110 Å². The van der Waals surface area contributed by atoms with Crippen LogP contribution in [-0.4, -0.2) is 21.4 Å². The molecule has 0 aliphatic carbocycles. The van der Waals surface area contributed by atoms with E-state index in [1.807, 2.05) is 13.8 Å². The molecule has 0 N–H and O–H groups in total. The van der Waals surface area contributed by atoms with E-state index in [1.165, 1.54) is 23.1 Å². The van der Waals surface area contributed by atoms with Gasteiger partial charge in [-0.3, -0.25) is 0 Å². The third-order valence-electron chi connectivity index (χ3n) is 2.65. The maximum atomic E-state index is 13.7. The predicted octanol–water partition coefficient (Wildman–Crippen LogP) is 3.03. The van der Waals surface area contributed by atoms with E-state index in [2.05, 4.69) is 10.1 Å². The second kappa shape index (κ2) is 5.88. The van der Waals surface area contributed by atoms with E-state index in [9.17, 15) is 8.78 Å². The second-order valence-electron chi connectivity index (χ2n) is 4.14. The van der Waals surface area contributed by atoms with Crippen LogP contribution in [0.2, 0.25) is 0 Å². The molecule has 0 fully saturated rings. The Morgan fingerprint density at radius 3 is 2.84 bits per heavy atom. The number of aromatic nitrogens is 3. The van der Waals surface area contributed by atoms with Gasteiger partial charge < -0.3 is 4.74 Å². The molecule has 1 aromatic heterocycles. The minimum atomic E-state index is -0.686. The fourth-order valence-electron chi connectivity index (χ4n) is 1.74. The van der Waals surface area contributed by atoms with Crippen molar-refractivity contribution in [3.8, 4) is 5.69 Å². The highest BCUT2D eigenvalue weighted by Gasteiger charge is 2.17. The second-order valence-corrected chi connectivity index (χ2v) is 4.14. The molecule has 102 valence electrons. The number of nitrogens with zero attached hydrogens (tertiary/aromatic N) is 3. The Balaban J connectivity index is 2.33. The Morgan fingerprint density at radius 2 is 2.16 bits per heavy atom. The summed E-state index contributed by atoms with van der Waals surface area (Å²) in [4.78, 5) is 4.08. The standard InChI is InChI=1S/C13H15F2N3O/c1-3-6-19-9(2)13-16-8-17-18(13)12-5-4-10(14)7-11(12)15/h4-5,7-9H,3,6H2,1-2H3. The average molecular weight is 267 g/mol. The fourth-order valence-corrected chi connectivity index (χ4v) is 1.74. The summed E-state index contributed by atoms with van der Waals surface area (Å²) in [5.74, 6) is -0.827. The Bertz CT molecular complexity index is 557. The summed E-state index contributed by atoms with van der Waals surface area (Å²) >= 11 is 0. The molecule has 1 atom stereocenters. The molecule has 19 heavy (non-hydrogen) atoms. The van der Waals surface area contributed by atoms with Crippen molar-refractivity contribution < 1.29 is 13.5 Å². The minimum absolute atomic E-state index is 0.154. The molecule has 0 aliphatic heterocycles. The molecule has 1 aromatic carbocycles. The van der Waals surface area contributed by atoms with E-state index in [0.717, 1.165) is 12.5 Å². The lowest BCUT2D eigenvalue weighted by molar-refractivity contribution is 0.0587. The van der Waals surface area contributed by atoms with Gasteiger partial charge in [-0.25, -0.2) is 18.4 Å². The zero-order chi connectivity index (χ0) is 13.8. The number of hydrogen-bond acceptors (Lipinski definition) is 3. The van der Waals surface area contributed by atoms with Gasteiger partial charge in [-0.1, -0.05) is 6.92 Å². The smallest absolute Gasteiger partial charge is 0.161 e. The van der Waals surface area contributed by atoms with Crippen LogP contribution in [0.1, 0.15) is 32.2 Å². The van der Waals surface area contributed by atoms with Gasteiger partial charge in [0.2, 0.25) is 0 Å². The first-order valence-electron chi connectivity index (χ1n) is 6.10. The summed E-state index contributed by atoms with van der Waals surface area (Å²) in [5.41, 5.74) is 0.154. The van der Waals surface area contributed by atoms with Crippen LogP contribution in [0.5, 0.6) is 0 Å². The van der Waals surface area contributed by atoms with Crippen molar-refractivity contribution in [2.45, 2.75) is 26.4 Å². The number of rotatable bonds is 5. The summed E-state index contributed by atoms with van der Waals surface area (Å²) < 4.78 is 33.5. The van der Waals surface area contributed by atoms with Crippen LogP contribution in [0, 0.1) is 11.6 Å². The normalized spacial score (nSPS) is 12.6. The van der Waals surface area contributed by atoms with Crippen molar-refractivity contribution in [3.05, 3.63) is 42.0 Å². The molecule has 1 heterocycles. The molecule has 6 heteroatoms. The summed E-state index contributed by atoms with van der Waals surface area (Å²) in [7, 11) is 0. The summed E-state index contributed by atoms with van der Waals surface area (Å²) in [5, 5.41) is 3.97. The molecule has 0 saturated heterocycles. The van der Waals surface area contributed by atoms with Crippen LogP contribution in [0.4, 0.5) is 8.78 Å². The zero-order valence-electron chi connectivity index (χ0n) is 10.8. The number of ether oxygens (including phenoxy) is 1. The Morgan fingerprint density at radius 1 is 1.37 bits per heavy atom. The first-order valence-corrected chi connectivity index (χ1v) is 6.10. The van der Waals surface area contributed by atoms with Crippen molar-refractivity contribution in [3.63, 3.8) is 0 Å². The molecule has 1 unspecified atom stereocenters. The quantitative estimate of drug-likeness (QED) is 0.836. The lowest BCUT2D eigenvalue weighted by Crippen LogP contribution is -2.11. The van der Waals surface area contributed by atoms with Gasteiger partial charge in [-0.05, 0) is 25.5 Å². The maximum absolute atomic E-state index is 13.7. The van der Waals surface area contributed by atoms with Crippen LogP contribution in [-0.2, 0) is 4.74 Å². The zero-order valence-corrected chi connectivity index (χ0v) is 10.8. The average Bonchev–Trinajstić information content (AvgIpc) is 2.85. The van der Waals surface area contributed by atoms with Gasteiger partial charge in [0, 0.05) is 12.7 Å². The summed E-state index contributed by atoms with van der Waals surface area (Å²) in [6, 6.07) is 3.33. The molecule has 0 aliphatic rings. The van der Waals surface area contributed by atoms with Gasteiger partial charge >= 0.3 is 0 Å². The number of halogens is 2. The van der Waals surface area contributed by atoms with Crippen LogP contribution < -0.4 is 0 Å². The minimum Gasteiger partial charge on any atom is -0.371 e. The van der Waals surface area contributed by atoms with Crippen LogP contribution >= 0.6 is 0 Å². The largest absolute Gasteiger partial charge is 0.371 e. The van der Waals surface area contributed by atoms with Gasteiger partial charge in [0.15, 0.2) is 11.6 Å². The molecule has 2 aromatic rings. The van der Waals surface area contributed by atoms with Gasteiger partial charge in [0.1, 0.15) is 23.9 Å². The first-order chi connectivity index (χ1) is 9.13. The van der Waals surface area contributed by atoms with Crippen molar-refractivity contribution in [1.29, 1.82) is 0 Å². The van der Waals surface area contributed by atoms with E-state index >= 15 is 0 Å². The van der Waals surface area contributed by atoms with E-state index in [1.54, 1.807) is 0 Å². The van der Waals surface area contributed by atoms with Crippen molar-refractivity contribution >= 4 is 0 Å². The molecule has 0 spiro atoms. The van der Waals surface area contributed by atoms with E-state index in [4.69, 9.17) is 4.74 Å².